The van der Waals surface area contributed by atoms with Crippen LogP contribution in [0.15, 0.2) is 4.99 Å². The van der Waals surface area contributed by atoms with Crippen LogP contribution < -0.4 is 10.6 Å². The lowest BCUT2D eigenvalue weighted by atomic mass is 9.95. The monoisotopic (exact) mass is 358 g/mol. The molecule has 0 amide bonds. The molecule has 1 saturated carbocycles. The number of nitrogens with one attached hydrogen (secondary N) is 2. The molecule has 2 fully saturated rings. The van der Waals surface area contributed by atoms with Crippen molar-refractivity contribution in [3.8, 4) is 0 Å². The highest BCUT2D eigenvalue weighted by Gasteiger charge is 2.26. The second kappa shape index (κ2) is 11.1. The Morgan fingerprint density at radius 1 is 1.29 bits per heavy atom. The van der Waals surface area contributed by atoms with Gasteiger partial charge in [0.25, 0.3) is 0 Å². The third kappa shape index (κ3) is 6.69. The number of guanidine groups is 1. The molecule has 0 aromatic carbocycles. The summed E-state index contributed by atoms with van der Waals surface area (Å²) in [5, 5.41) is 7.26. The van der Waals surface area contributed by atoms with Gasteiger partial charge in [-0.05, 0) is 26.2 Å². The van der Waals surface area contributed by atoms with Gasteiger partial charge in [-0.1, -0.05) is 13.3 Å². The molecule has 3 atom stereocenters. The number of nitrogens with zero attached hydrogens (tertiary/aromatic N) is 2. The highest BCUT2D eigenvalue weighted by atomic mass is 32.2. The number of morpholine rings is 1. The van der Waals surface area contributed by atoms with Gasteiger partial charge in [0.2, 0.25) is 0 Å². The van der Waals surface area contributed by atoms with Gasteiger partial charge in [0.05, 0.1) is 19.8 Å². The van der Waals surface area contributed by atoms with Gasteiger partial charge in [-0.2, -0.15) is 0 Å². The summed E-state index contributed by atoms with van der Waals surface area (Å²) >= 11 is 0. The molecule has 24 heavy (non-hydrogen) atoms. The van der Waals surface area contributed by atoms with Crippen LogP contribution in [0.1, 0.15) is 39.5 Å². The zero-order chi connectivity index (χ0) is 17.2. The summed E-state index contributed by atoms with van der Waals surface area (Å²) < 4.78 is 17.5. The van der Waals surface area contributed by atoms with E-state index in [0.29, 0.717) is 11.3 Å². The molecule has 1 heterocycles. The van der Waals surface area contributed by atoms with Crippen LogP contribution in [0.25, 0.3) is 0 Å². The molecule has 2 aliphatic rings. The molecule has 140 valence electrons. The number of hydrogen-bond acceptors (Lipinski definition) is 4. The minimum atomic E-state index is -0.680. The Bertz CT molecular complexity index is 413. The molecule has 1 aliphatic carbocycles. The predicted octanol–water partition coefficient (Wildman–Crippen LogP) is 0.954. The normalized spacial score (nSPS) is 27.7. The Hall–Kier alpha value is -0.660. The molecule has 2 N–H and O–H groups in total. The second-order valence-corrected chi connectivity index (χ2v) is 8.52. The van der Waals surface area contributed by atoms with Crippen molar-refractivity contribution in [2.45, 2.75) is 50.8 Å². The van der Waals surface area contributed by atoms with Crippen molar-refractivity contribution in [2.75, 3.05) is 51.7 Å². The lowest BCUT2D eigenvalue weighted by molar-refractivity contribution is 0.0394. The SMILES string of the molecule is CCNC(=NCCN1CCOCC1)NC1CCCC(S(=O)CC)C1. The van der Waals surface area contributed by atoms with Crippen molar-refractivity contribution in [1.29, 1.82) is 0 Å². The third-order valence-electron chi connectivity index (χ3n) is 4.76. The Labute approximate surface area is 149 Å². The van der Waals surface area contributed by atoms with Crippen molar-refractivity contribution >= 4 is 16.8 Å². The molecule has 6 nitrogen and oxygen atoms in total. The zero-order valence-corrected chi connectivity index (χ0v) is 16.1. The summed E-state index contributed by atoms with van der Waals surface area (Å²) in [6.45, 7) is 10.4. The Kier molecular flexibility index (Phi) is 9.05. The van der Waals surface area contributed by atoms with E-state index in [2.05, 4.69) is 22.5 Å². The summed E-state index contributed by atoms with van der Waals surface area (Å²) in [5.74, 6) is 1.67. The van der Waals surface area contributed by atoms with Gasteiger partial charge < -0.3 is 15.4 Å². The van der Waals surface area contributed by atoms with Crippen LogP contribution in [0.3, 0.4) is 0 Å². The molecular weight excluding hydrogens is 324 g/mol. The predicted molar refractivity (Wildman–Crippen MR) is 101 cm³/mol. The molecule has 0 radical (unpaired) electrons. The number of rotatable bonds is 7. The largest absolute Gasteiger partial charge is 0.379 e. The fourth-order valence-corrected chi connectivity index (χ4v) is 4.74. The molecule has 1 saturated heterocycles. The summed E-state index contributed by atoms with van der Waals surface area (Å²) in [6, 6.07) is 0.389. The van der Waals surface area contributed by atoms with Crippen LogP contribution in [0.2, 0.25) is 0 Å². The van der Waals surface area contributed by atoms with Gasteiger partial charge >= 0.3 is 0 Å². The lowest BCUT2D eigenvalue weighted by Crippen LogP contribution is -2.47. The molecule has 7 heteroatoms. The van der Waals surface area contributed by atoms with E-state index >= 15 is 0 Å². The van der Waals surface area contributed by atoms with Gasteiger partial charge in [-0.15, -0.1) is 0 Å². The average molecular weight is 359 g/mol. The minimum absolute atomic E-state index is 0.345. The molecular formula is C17H34N4O2S. The van der Waals surface area contributed by atoms with Crippen molar-refractivity contribution in [3.05, 3.63) is 0 Å². The molecule has 1 aliphatic heterocycles. The summed E-state index contributed by atoms with van der Waals surface area (Å²) in [6.07, 6.45) is 4.39. The first-order chi connectivity index (χ1) is 11.7. The molecule has 0 aromatic rings. The van der Waals surface area contributed by atoms with E-state index in [0.717, 1.165) is 83.3 Å². The molecule has 0 aromatic heterocycles. The maximum absolute atomic E-state index is 12.1. The van der Waals surface area contributed by atoms with E-state index in [-0.39, 0.29) is 0 Å². The maximum Gasteiger partial charge on any atom is 0.191 e. The fraction of sp³-hybridized carbons (Fsp3) is 0.941. The van der Waals surface area contributed by atoms with Crippen LogP contribution >= 0.6 is 0 Å². The van der Waals surface area contributed by atoms with Gasteiger partial charge in [0, 0.05) is 54.0 Å². The Balaban J connectivity index is 1.80. The van der Waals surface area contributed by atoms with E-state index in [1.165, 1.54) is 0 Å². The lowest BCUT2D eigenvalue weighted by Gasteiger charge is -2.30. The smallest absolute Gasteiger partial charge is 0.191 e. The van der Waals surface area contributed by atoms with Crippen molar-refractivity contribution in [1.82, 2.24) is 15.5 Å². The summed E-state index contributed by atoms with van der Waals surface area (Å²) in [4.78, 5) is 7.13. The van der Waals surface area contributed by atoms with Crippen molar-refractivity contribution < 1.29 is 8.95 Å². The number of hydrogen-bond donors (Lipinski definition) is 2. The van der Waals surface area contributed by atoms with Crippen LogP contribution in [0, 0.1) is 0 Å². The van der Waals surface area contributed by atoms with Crippen LogP contribution in [0.5, 0.6) is 0 Å². The van der Waals surface area contributed by atoms with Crippen LogP contribution in [-0.4, -0.2) is 78.1 Å². The minimum Gasteiger partial charge on any atom is -0.379 e. The third-order valence-corrected chi connectivity index (χ3v) is 6.50. The van der Waals surface area contributed by atoms with Gasteiger partial charge in [-0.25, -0.2) is 0 Å². The summed E-state index contributed by atoms with van der Waals surface area (Å²) in [7, 11) is -0.680. The van der Waals surface area contributed by atoms with Crippen molar-refractivity contribution in [2.24, 2.45) is 4.99 Å². The van der Waals surface area contributed by atoms with E-state index in [4.69, 9.17) is 9.73 Å². The quantitative estimate of drug-likeness (QED) is 0.524. The average Bonchev–Trinajstić information content (AvgIpc) is 2.62. The maximum atomic E-state index is 12.1. The first kappa shape index (κ1) is 19.7. The van der Waals surface area contributed by atoms with Gasteiger partial charge in [0.15, 0.2) is 5.96 Å². The van der Waals surface area contributed by atoms with E-state index in [1.54, 1.807) is 0 Å². The zero-order valence-electron chi connectivity index (χ0n) is 15.3. The first-order valence-electron chi connectivity index (χ1n) is 9.45. The van der Waals surface area contributed by atoms with Gasteiger partial charge in [0.1, 0.15) is 0 Å². The fourth-order valence-electron chi connectivity index (χ4n) is 3.39. The first-order valence-corrected chi connectivity index (χ1v) is 10.8. The Morgan fingerprint density at radius 3 is 2.79 bits per heavy atom. The highest BCUT2D eigenvalue weighted by molar-refractivity contribution is 7.85. The molecule has 0 bridgehead atoms. The number of aliphatic imine (C=N–C) groups is 1. The topological polar surface area (TPSA) is 66.0 Å². The van der Waals surface area contributed by atoms with Crippen molar-refractivity contribution in [3.63, 3.8) is 0 Å². The van der Waals surface area contributed by atoms with E-state index in [1.807, 2.05) is 6.92 Å². The Morgan fingerprint density at radius 2 is 2.08 bits per heavy atom. The van der Waals surface area contributed by atoms with Gasteiger partial charge in [-0.3, -0.25) is 14.1 Å². The van der Waals surface area contributed by atoms with E-state index in [9.17, 15) is 4.21 Å². The molecule has 0 spiro atoms. The molecule has 2 rings (SSSR count). The van der Waals surface area contributed by atoms with E-state index < -0.39 is 10.8 Å². The van der Waals surface area contributed by atoms with Crippen LogP contribution in [0.4, 0.5) is 0 Å². The second-order valence-electron chi connectivity index (χ2n) is 6.51. The highest BCUT2D eigenvalue weighted by Crippen LogP contribution is 2.22. The molecule has 3 unspecified atom stereocenters. The number of ether oxygens (including phenoxy) is 1. The summed E-state index contributed by atoms with van der Waals surface area (Å²) in [5.41, 5.74) is 0. The van der Waals surface area contributed by atoms with Crippen LogP contribution in [-0.2, 0) is 15.5 Å². The standard InChI is InChI=1S/C17H34N4O2S/c1-3-18-17(19-8-9-21-10-12-23-13-11-21)20-15-6-5-7-16(14-15)24(22)4-2/h15-16H,3-14H2,1-2H3,(H2,18,19,20).